The van der Waals surface area contributed by atoms with Crippen LogP contribution in [0.15, 0.2) is 18.3 Å². The summed E-state index contributed by atoms with van der Waals surface area (Å²) in [6, 6.07) is 3.90. The summed E-state index contributed by atoms with van der Waals surface area (Å²) in [5.74, 6) is 3.82. The Labute approximate surface area is 168 Å². The minimum Gasteiger partial charge on any atom is -0.476 e. The fourth-order valence-electron chi connectivity index (χ4n) is 4.97. The van der Waals surface area contributed by atoms with Crippen LogP contribution in [0, 0.1) is 30.6 Å². The van der Waals surface area contributed by atoms with Crippen molar-refractivity contribution in [1.82, 2.24) is 24.9 Å². The first-order valence-corrected chi connectivity index (χ1v) is 10.7. The molecule has 2 aromatic rings. The van der Waals surface area contributed by atoms with Gasteiger partial charge in [-0.3, -0.25) is 4.68 Å². The molecular weight excluding hydrogens is 350 g/mol. The number of aromatic nitrogens is 4. The number of fused-ring (bicyclic) bond motifs is 1. The molecule has 1 saturated carbocycles. The van der Waals surface area contributed by atoms with Crippen LogP contribution in [-0.4, -0.2) is 51.1 Å². The van der Waals surface area contributed by atoms with E-state index in [1.807, 2.05) is 32.3 Å². The first-order valence-electron chi connectivity index (χ1n) is 10.7. The van der Waals surface area contributed by atoms with Crippen LogP contribution in [0.25, 0.3) is 11.3 Å². The molecule has 2 fully saturated rings. The summed E-state index contributed by atoms with van der Waals surface area (Å²) >= 11 is 0. The number of aryl methyl sites for hydroxylation is 2. The second-order valence-electron chi connectivity index (χ2n) is 8.96. The van der Waals surface area contributed by atoms with Crippen LogP contribution in [0.5, 0.6) is 5.88 Å². The van der Waals surface area contributed by atoms with E-state index in [2.05, 4.69) is 34.0 Å². The molecule has 4 atom stereocenters. The average Bonchev–Trinajstić information content (AvgIpc) is 3.32. The molecule has 0 radical (unpaired) electrons. The Bertz CT molecular complexity index is 773. The molecule has 0 aromatic carbocycles. The van der Waals surface area contributed by atoms with E-state index in [9.17, 15) is 0 Å². The van der Waals surface area contributed by atoms with E-state index in [1.165, 1.54) is 38.9 Å². The van der Waals surface area contributed by atoms with Crippen molar-refractivity contribution in [2.24, 2.45) is 30.7 Å². The Balaban J connectivity index is 1.26. The zero-order chi connectivity index (χ0) is 19.7. The van der Waals surface area contributed by atoms with Gasteiger partial charge in [0.1, 0.15) is 0 Å². The Kier molecular flexibility index (Phi) is 5.67. The van der Waals surface area contributed by atoms with E-state index >= 15 is 0 Å². The summed E-state index contributed by atoms with van der Waals surface area (Å²) < 4.78 is 7.79. The molecular formula is C22H33N5O. The number of nitrogens with zero attached hydrogens (tertiary/aromatic N) is 5. The third kappa shape index (κ3) is 4.22. The Morgan fingerprint density at radius 3 is 2.50 bits per heavy atom. The van der Waals surface area contributed by atoms with Gasteiger partial charge in [-0.2, -0.15) is 5.10 Å². The van der Waals surface area contributed by atoms with Crippen molar-refractivity contribution in [3.8, 4) is 17.1 Å². The summed E-state index contributed by atoms with van der Waals surface area (Å²) in [6.45, 7) is 11.2. The maximum atomic E-state index is 5.98. The van der Waals surface area contributed by atoms with Crippen LogP contribution < -0.4 is 4.74 Å². The van der Waals surface area contributed by atoms with Gasteiger partial charge in [-0.25, -0.2) is 0 Å². The lowest BCUT2D eigenvalue weighted by Crippen LogP contribution is -2.27. The monoisotopic (exact) mass is 383 g/mol. The molecule has 1 aliphatic carbocycles. The SMILES string of the molecule is CCC(C)CN1C[C@H]2CC(COc3ccc(-c4cn(C)nc4C)nn3)C[C@H]2C1. The lowest BCUT2D eigenvalue weighted by Gasteiger charge is -2.21. The van der Waals surface area contributed by atoms with Crippen molar-refractivity contribution in [2.75, 3.05) is 26.2 Å². The molecule has 152 valence electrons. The third-order valence-electron chi connectivity index (χ3n) is 6.59. The van der Waals surface area contributed by atoms with E-state index in [0.29, 0.717) is 11.8 Å². The molecule has 0 bridgehead atoms. The summed E-state index contributed by atoms with van der Waals surface area (Å²) in [7, 11) is 1.92. The lowest BCUT2D eigenvalue weighted by molar-refractivity contribution is 0.213. The number of ether oxygens (including phenoxy) is 1. The second kappa shape index (κ2) is 8.19. The Morgan fingerprint density at radius 2 is 1.93 bits per heavy atom. The van der Waals surface area contributed by atoms with E-state index in [0.717, 1.165) is 41.3 Å². The zero-order valence-electron chi connectivity index (χ0n) is 17.6. The van der Waals surface area contributed by atoms with Gasteiger partial charge in [0, 0.05) is 44.5 Å². The molecule has 3 heterocycles. The maximum absolute atomic E-state index is 5.98. The molecule has 0 N–H and O–H groups in total. The van der Waals surface area contributed by atoms with E-state index in [-0.39, 0.29) is 0 Å². The van der Waals surface area contributed by atoms with Gasteiger partial charge in [-0.05, 0) is 49.5 Å². The van der Waals surface area contributed by atoms with Crippen LogP contribution in [0.1, 0.15) is 38.8 Å². The minimum absolute atomic E-state index is 0.626. The standard InChI is InChI=1S/C22H33N5O/c1-5-15(2)10-27-11-18-8-17(9-19(18)12-27)14-28-22-7-6-21(23-24-22)20-13-26(4)25-16(20)3/h6-7,13,15,17-19H,5,8-12,14H2,1-4H3/t15?,17?,18-,19+. The van der Waals surface area contributed by atoms with Crippen molar-refractivity contribution in [2.45, 2.75) is 40.0 Å². The minimum atomic E-state index is 0.626. The van der Waals surface area contributed by atoms with Gasteiger partial charge in [0.2, 0.25) is 5.88 Å². The van der Waals surface area contributed by atoms with Crippen molar-refractivity contribution in [3.63, 3.8) is 0 Å². The number of likely N-dealkylation sites (tertiary alicyclic amines) is 1. The highest BCUT2D eigenvalue weighted by atomic mass is 16.5. The van der Waals surface area contributed by atoms with Gasteiger partial charge in [0.25, 0.3) is 0 Å². The fourth-order valence-corrected chi connectivity index (χ4v) is 4.97. The maximum Gasteiger partial charge on any atom is 0.233 e. The predicted octanol–water partition coefficient (Wildman–Crippen LogP) is 3.57. The molecule has 0 amide bonds. The van der Waals surface area contributed by atoms with Gasteiger partial charge in [-0.1, -0.05) is 20.3 Å². The molecule has 4 rings (SSSR count). The highest BCUT2D eigenvalue weighted by molar-refractivity contribution is 5.60. The van der Waals surface area contributed by atoms with Gasteiger partial charge >= 0.3 is 0 Å². The number of hydrogen-bond acceptors (Lipinski definition) is 5. The first kappa shape index (κ1) is 19.4. The van der Waals surface area contributed by atoms with Crippen molar-refractivity contribution in [3.05, 3.63) is 24.0 Å². The molecule has 28 heavy (non-hydrogen) atoms. The molecule has 6 heteroatoms. The quantitative estimate of drug-likeness (QED) is 0.732. The molecule has 2 aliphatic rings. The summed E-state index contributed by atoms with van der Waals surface area (Å²) in [5, 5.41) is 13.0. The van der Waals surface area contributed by atoms with Gasteiger partial charge in [0.05, 0.1) is 18.0 Å². The summed E-state index contributed by atoms with van der Waals surface area (Å²) in [4.78, 5) is 2.69. The predicted molar refractivity (Wildman–Crippen MR) is 110 cm³/mol. The molecule has 6 nitrogen and oxygen atoms in total. The topological polar surface area (TPSA) is 56.1 Å². The van der Waals surface area contributed by atoms with Crippen molar-refractivity contribution in [1.29, 1.82) is 0 Å². The molecule has 1 aliphatic heterocycles. The zero-order valence-corrected chi connectivity index (χ0v) is 17.6. The Morgan fingerprint density at radius 1 is 1.18 bits per heavy atom. The van der Waals surface area contributed by atoms with Crippen LogP contribution in [-0.2, 0) is 7.05 Å². The largest absolute Gasteiger partial charge is 0.476 e. The van der Waals surface area contributed by atoms with E-state index in [4.69, 9.17) is 4.74 Å². The number of hydrogen-bond donors (Lipinski definition) is 0. The third-order valence-corrected chi connectivity index (χ3v) is 6.59. The van der Waals surface area contributed by atoms with Crippen molar-refractivity contribution < 1.29 is 4.74 Å². The van der Waals surface area contributed by atoms with Gasteiger partial charge in [0.15, 0.2) is 0 Å². The normalized spacial score (nSPS) is 25.8. The van der Waals surface area contributed by atoms with E-state index < -0.39 is 0 Å². The van der Waals surface area contributed by atoms with Crippen LogP contribution in [0.2, 0.25) is 0 Å². The molecule has 2 unspecified atom stereocenters. The second-order valence-corrected chi connectivity index (χ2v) is 8.96. The molecule has 0 spiro atoms. The van der Waals surface area contributed by atoms with E-state index in [1.54, 1.807) is 4.68 Å². The average molecular weight is 384 g/mol. The first-order chi connectivity index (χ1) is 13.5. The van der Waals surface area contributed by atoms with Crippen LogP contribution in [0.4, 0.5) is 0 Å². The smallest absolute Gasteiger partial charge is 0.233 e. The summed E-state index contributed by atoms with van der Waals surface area (Å²) in [5.41, 5.74) is 2.83. The highest BCUT2D eigenvalue weighted by Gasteiger charge is 2.41. The van der Waals surface area contributed by atoms with Gasteiger partial charge in [-0.15, -0.1) is 10.2 Å². The van der Waals surface area contributed by atoms with Crippen LogP contribution >= 0.6 is 0 Å². The lowest BCUT2D eigenvalue weighted by atomic mass is 10.0. The fraction of sp³-hybridized carbons (Fsp3) is 0.682. The molecule has 2 aromatic heterocycles. The highest BCUT2D eigenvalue weighted by Crippen LogP contribution is 2.41. The van der Waals surface area contributed by atoms with Crippen LogP contribution in [0.3, 0.4) is 0 Å². The number of rotatable bonds is 7. The Hall–Kier alpha value is -1.95. The van der Waals surface area contributed by atoms with Crippen molar-refractivity contribution >= 4 is 0 Å². The molecule has 1 saturated heterocycles. The summed E-state index contributed by atoms with van der Waals surface area (Å²) in [6.07, 6.45) is 5.84. The van der Waals surface area contributed by atoms with Gasteiger partial charge < -0.3 is 9.64 Å².